The van der Waals surface area contributed by atoms with Crippen LogP contribution in [0, 0.1) is 17.0 Å². The first-order chi connectivity index (χ1) is 6.50. The average Bonchev–Trinajstić information content (AvgIpc) is 2.43. The summed E-state index contributed by atoms with van der Waals surface area (Å²) in [6.07, 6.45) is 0. The Bertz CT molecular complexity index is 375. The Balaban J connectivity index is 2.84. The molecule has 76 valence electrons. The van der Waals surface area contributed by atoms with Gasteiger partial charge in [-0.25, -0.2) is 4.98 Å². The van der Waals surface area contributed by atoms with Crippen molar-refractivity contribution in [2.75, 3.05) is 5.75 Å². The second kappa shape index (κ2) is 4.09. The minimum atomic E-state index is -1.04. The summed E-state index contributed by atoms with van der Waals surface area (Å²) in [6, 6.07) is 0. The van der Waals surface area contributed by atoms with E-state index < -0.39 is 10.9 Å². The van der Waals surface area contributed by atoms with E-state index in [0.717, 1.165) is 11.8 Å². The first-order valence-corrected chi connectivity index (χ1v) is 4.55. The summed E-state index contributed by atoms with van der Waals surface area (Å²) in [7, 11) is 0. The molecule has 0 unspecified atom stereocenters. The van der Waals surface area contributed by atoms with Gasteiger partial charge in [0.05, 0.1) is 5.75 Å². The number of aromatic amines is 1. The van der Waals surface area contributed by atoms with E-state index in [9.17, 15) is 14.9 Å². The van der Waals surface area contributed by atoms with Crippen LogP contribution in [0.2, 0.25) is 0 Å². The third kappa shape index (κ3) is 2.46. The Kier molecular flexibility index (Phi) is 3.07. The zero-order valence-corrected chi connectivity index (χ0v) is 8.00. The third-order valence-corrected chi connectivity index (χ3v) is 2.24. The standard InChI is InChI=1S/C6H7N3O4S/c1-3-7-5(9(12)13)6(8-3)14-2-4(10)11/h2H2,1H3,(H,7,8)(H,10,11). The number of carboxylic acids is 1. The molecule has 0 amide bonds. The molecule has 1 aromatic rings. The van der Waals surface area contributed by atoms with Crippen molar-refractivity contribution in [3.63, 3.8) is 0 Å². The third-order valence-electron chi connectivity index (χ3n) is 1.29. The number of aromatic nitrogens is 2. The van der Waals surface area contributed by atoms with Crippen molar-refractivity contribution in [2.24, 2.45) is 0 Å². The van der Waals surface area contributed by atoms with Crippen molar-refractivity contribution in [3.8, 4) is 0 Å². The first kappa shape index (κ1) is 10.5. The molecule has 0 spiro atoms. The van der Waals surface area contributed by atoms with E-state index in [-0.39, 0.29) is 16.6 Å². The summed E-state index contributed by atoms with van der Waals surface area (Å²) in [6.45, 7) is 1.57. The lowest BCUT2D eigenvalue weighted by Gasteiger charge is -1.93. The summed E-state index contributed by atoms with van der Waals surface area (Å²) in [5.74, 6) is -1.14. The average molecular weight is 217 g/mol. The normalized spacial score (nSPS) is 10.1. The van der Waals surface area contributed by atoms with Gasteiger partial charge in [-0.3, -0.25) is 4.79 Å². The fraction of sp³-hybridized carbons (Fsp3) is 0.333. The molecule has 0 aliphatic heterocycles. The van der Waals surface area contributed by atoms with E-state index in [2.05, 4.69) is 9.97 Å². The number of carbonyl (C=O) groups is 1. The maximum absolute atomic E-state index is 10.5. The van der Waals surface area contributed by atoms with E-state index in [0.29, 0.717) is 5.82 Å². The van der Waals surface area contributed by atoms with Crippen LogP contribution in [0.3, 0.4) is 0 Å². The number of nitrogens with zero attached hydrogens (tertiary/aromatic N) is 2. The topological polar surface area (TPSA) is 109 Å². The highest BCUT2D eigenvalue weighted by Gasteiger charge is 2.19. The molecule has 7 nitrogen and oxygen atoms in total. The van der Waals surface area contributed by atoms with Crippen molar-refractivity contribution in [3.05, 3.63) is 15.9 Å². The number of rotatable bonds is 4. The maximum atomic E-state index is 10.5. The van der Waals surface area contributed by atoms with Gasteiger partial charge in [-0.1, -0.05) is 11.8 Å². The van der Waals surface area contributed by atoms with Gasteiger partial charge in [-0.2, -0.15) is 4.98 Å². The molecule has 2 N–H and O–H groups in total. The number of carboxylic acid groups (broad SMARTS) is 1. The fourth-order valence-electron chi connectivity index (χ4n) is 0.813. The van der Waals surface area contributed by atoms with Gasteiger partial charge in [0.1, 0.15) is 0 Å². The molecule has 0 bridgehead atoms. The van der Waals surface area contributed by atoms with Crippen LogP contribution in [0.4, 0.5) is 5.82 Å². The molecule has 8 heteroatoms. The summed E-state index contributed by atoms with van der Waals surface area (Å²) >= 11 is 0.821. The molecule has 0 aliphatic carbocycles. The first-order valence-electron chi connectivity index (χ1n) is 3.56. The monoisotopic (exact) mass is 217 g/mol. The molecule has 0 aromatic carbocycles. The largest absolute Gasteiger partial charge is 0.481 e. The molecule has 0 radical (unpaired) electrons. The highest BCUT2D eigenvalue weighted by molar-refractivity contribution is 8.00. The minimum absolute atomic E-state index is 0.106. The number of aliphatic carboxylic acids is 1. The lowest BCUT2D eigenvalue weighted by Crippen LogP contribution is -1.98. The Morgan fingerprint density at radius 1 is 1.79 bits per heavy atom. The fourth-order valence-corrected chi connectivity index (χ4v) is 1.54. The van der Waals surface area contributed by atoms with Crippen molar-refractivity contribution in [1.29, 1.82) is 0 Å². The van der Waals surface area contributed by atoms with Crippen LogP contribution in [0.1, 0.15) is 5.82 Å². The Morgan fingerprint density at radius 2 is 2.43 bits per heavy atom. The zero-order valence-electron chi connectivity index (χ0n) is 7.18. The number of hydrogen-bond acceptors (Lipinski definition) is 5. The van der Waals surface area contributed by atoms with Crippen LogP contribution in [0.25, 0.3) is 0 Å². The number of H-pyrrole nitrogens is 1. The van der Waals surface area contributed by atoms with Gasteiger partial charge in [0.15, 0.2) is 10.9 Å². The van der Waals surface area contributed by atoms with Gasteiger partial charge in [0.25, 0.3) is 0 Å². The van der Waals surface area contributed by atoms with Crippen LogP contribution in [-0.2, 0) is 4.79 Å². The molecule has 0 saturated heterocycles. The molecule has 0 atom stereocenters. The second-order valence-corrected chi connectivity index (χ2v) is 3.38. The van der Waals surface area contributed by atoms with E-state index in [1.165, 1.54) is 0 Å². The molecule has 0 saturated carbocycles. The number of aryl methyl sites for hydroxylation is 1. The van der Waals surface area contributed by atoms with Gasteiger partial charge in [-0.05, 0) is 4.92 Å². The molecule has 0 fully saturated rings. The van der Waals surface area contributed by atoms with Gasteiger partial charge in [-0.15, -0.1) is 0 Å². The molecule has 1 heterocycles. The van der Waals surface area contributed by atoms with Crippen LogP contribution >= 0.6 is 11.8 Å². The summed E-state index contributed by atoms with van der Waals surface area (Å²) < 4.78 is 0. The summed E-state index contributed by atoms with van der Waals surface area (Å²) in [5, 5.41) is 18.9. The van der Waals surface area contributed by atoms with Crippen molar-refractivity contribution in [1.82, 2.24) is 9.97 Å². The van der Waals surface area contributed by atoms with E-state index >= 15 is 0 Å². The second-order valence-electron chi connectivity index (χ2n) is 2.42. The Labute approximate surface area is 82.7 Å². The predicted octanol–water partition coefficient (Wildman–Crippen LogP) is 0.803. The van der Waals surface area contributed by atoms with E-state index in [4.69, 9.17) is 5.11 Å². The van der Waals surface area contributed by atoms with Gasteiger partial charge < -0.3 is 15.2 Å². The van der Waals surface area contributed by atoms with Gasteiger partial charge >= 0.3 is 11.8 Å². The Morgan fingerprint density at radius 3 is 2.93 bits per heavy atom. The SMILES string of the molecule is Cc1nc(SCC(=O)O)c([N+](=O)[O-])[nH]1. The highest BCUT2D eigenvalue weighted by atomic mass is 32.2. The Hall–Kier alpha value is -1.57. The number of imidazole rings is 1. The molecule has 1 aromatic heterocycles. The van der Waals surface area contributed by atoms with Gasteiger partial charge in [0.2, 0.25) is 0 Å². The quantitative estimate of drug-likeness (QED) is 0.438. The number of hydrogen-bond donors (Lipinski definition) is 2. The van der Waals surface area contributed by atoms with Crippen LogP contribution in [0.5, 0.6) is 0 Å². The molecular formula is C6H7N3O4S. The molecule has 1 rings (SSSR count). The lowest BCUT2D eigenvalue weighted by molar-refractivity contribution is -0.392. The lowest BCUT2D eigenvalue weighted by atomic mass is 10.7. The number of nitrogens with one attached hydrogen (secondary N) is 1. The predicted molar refractivity (Wildman–Crippen MR) is 48.3 cm³/mol. The number of nitro groups is 1. The number of thioether (sulfide) groups is 1. The molecule has 0 aliphatic rings. The molecule has 14 heavy (non-hydrogen) atoms. The summed E-state index contributed by atoms with van der Waals surface area (Å²) in [5.41, 5.74) is 0. The van der Waals surface area contributed by atoms with Crippen LogP contribution in [-0.4, -0.2) is 31.7 Å². The van der Waals surface area contributed by atoms with E-state index in [1.807, 2.05) is 0 Å². The summed E-state index contributed by atoms with van der Waals surface area (Å²) in [4.78, 5) is 26.3. The van der Waals surface area contributed by atoms with Crippen molar-refractivity contribution >= 4 is 23.5 Å². The van der Waals surface area contributed by atoms with Crippen LogP contribution in [0.15, 0.2) is 5.03 Å². The van der Waals surface area contributed by atoms with Crippen molar-refractivity contribution < 1.29 is 14.8 Å². The maximum Gasteiger partial charge on any atom is 0.354 e. The smallest absolute Gasteiger partial charge is 0.354 e. The zero-order chi connectivity index (χ0) is 10.7. The highest BCUT2D eigenvalue weighted by Crippen LogP contribution is 2.25. The molecular weight excluding hydrogens is 210 g/mol. The minimum Gasteiger partial charge on any atom is -0.481 e. The van der Waals surface area contributed by atoms with Crippen molar-refractivity contribution in [2.45, 2.75) is 11.9 Å². The van der Waals surface area contributed by atoms with E-state index in [1.54, 1.807) is 6.92 Å². The van der Waals surface area contributed by atoms with Crippen LogP contribution < -0.4 is 0 Å². The van der Waals surface area contributed by atoms with Gasteiger partial charge in [0, 0.05) is 6.92 Å².